The molecule has 0 saturated heterocycles. The van der Waals surface area contributed by atoms with Crippen LogP contribution in [0.3, 0.4) is 0 Å². The number of hydrogen-bond donors (Lipinski definition) is 0. The quantitative estimate of drug-likeness (QED) is 0.221. The van der Waals surface area contributed by atoms with Gasteiger partial charge in [0, 0.05) is 10.5 Å². The fourth-order valence-electron chi connectivity index (χ4n) is 1.86. The fraction of sp³-hybridized carbons (Fsp3) is 1.00. The summed E-state index contributed by atoms with van der Waals surface area (Å²) in [6, 6.07) is 0. The number of alkyl halides is 1. The molecule has 0 aliphatic heterocycles. The van der Waals surface area contributed by atoms with Crippen molar-refractivity contribution in [3.8, 4) is 0 Å². The van der Waals surface area contributed by atoms with Gasteiger partial charge in [0.05, 0.1) is 0 Å². The molecule has 0 fully saturated rings. The van der Waals surface area contributed by atoms with Crippen molar-refractivity contribution < 1.29 is 4.43 Å². The highest BCUT2D eigenvalue weighted by Crippen LogP contribution is 2.17. The smallest absolute Gasteiger partial charge is 0.184 e. The molecule has 0 amide bonds. The van der Waals surface area contributed by atoms with E-state index < -0.39 is 8.32 Å². The third-order valence-corrected chi connectivity index (χ3v) is 4.24. The molecule has 0 aliphatic rings. The lowest BCUT2D eigenvalue weighted by molar-refractivity contribution is 0.177. The Bertz CT molecular complexity index is 157. The van der Waals surface area contributed by atoms with Crippen LogP contribution in [0.5, 0.6) is 0 Å². The van der Waals surface area contributed by atoms with Gasteiger partial charge in [0.25, 0.3) is 0 Å². The van der Waals surface area contributed by atoms with Gasteiger partial charge < -0.3 is 4.43 Å². The van der Waals surface area contributed by atoms with Crippen LogP contribution in [-0.2, 0) is 4.43 Å². The van der Waals surface area contributed by atoms with Gasteiger partial charge in [-0.2, -0.15) is 0 Å². The lowest BCUT2D eigenvalue weighted by atomic mass is 10.1. The van der Waals surface area contributed by atoms with Crippen LogP contribution < -0.4 is 0 Å². The van der Waals surface area contributed by atoms with E-state index in [2.05, 4.69) is 49.2 Å². The zero-order valence-corrected chi connectivity index (χ0v) is 14.7. The average Bonchev–Trinajstić information content (AvgIpc) is 2.15. The van der Waals surface area contributed by atoms with Crippen LogP contribution >= 0.6 is 22.6 Å². The molecule has 0 aromatic heterocycles. The predicted octanol–water partition coefficient (Wildman–Crippen LogP) is 5.39. The molecule has 98 valence electrons. The topological polar surface area (TPSA) is 9.23 Å². The SMILES string of the molecule is CCCCCCCC(CCI)O[Si](C)(C)C. The Balaban J connectivity index is 3.68. The Morgan fingerprint density at radius 1 is 1.00 bits per heavy atom. The summed E-state index contributed by atoms with van der Waals surface area (Å²) < 4.78 is 7.44. The molecule has 1 unspecified atom stereocenters. The molecule has 0 spiro atoms. The molecule has 0 heterocycles. The van der Waals surface area contributed by atoms with Crippen LogP contribution in [0.1, 0.15) is 51.9 Å². The third-order valence-electron chi connectivity index (χ3n) is 2.58. The van der Waals surface area contributed by atoms with Gasteiger partial charge in [-0.3, -0.25) is 0 Å². The van der Waals surface area contributed by atoms with Crippen molar-refractivity contribution in [3.63, 3.8) is 0 Å². The first kappa shape index (κ1) is 16.9. The summed E-state index contributed by atoms with van der Waals surface area (Å²) in [5.41, 5.74) is 0. The van der Waals surface area contributed by atoms with Gasteiger partial charge in [0.2, 0.25) is 0 Å². The molecule has 16 heavy (non-hydrogen) atoms. The van der Waals surface area contributed by atoms with E-state index in [0.717, 1.165) is 0 Å². The number of hydrogen-bond acceptors (Lipinski definition) is 1. The summed E-state index contributed by atoms with van der Waals surface area (Å²) in [7, 11) is -1.34. The average molecular weight is 356 g/mol. The Hall–Kier alpha value is 0.907. The maximum atomic E-state index is 6.22. The van der Waals surface area contributed by atoms with Gasteiger partial charge in [-0.25, -0.2) is 0 Å². The molecule has 0 radical (unpaired) electrons. The van der Waals surface area contributed by atoms with Gasteiger partial charge in [-0.05, 0) is 32.5 Å². The highest BCUT2D eigenvalue weighted by Gasteiger charge is 2.20. The molecule has 0 aromatic carbocycles. The van der Waals surface area contributed by atoms with E-state index in [1.165, 1.54) is 49.4 Å². The Morgan fingerprint density at radius 3 is 2.12 bits per heavy atom. The maximum Gasteiger partial charge on any atom is 0.184 e. The number of rotatable bonds is 10. The van der Waals surface area contributed by atoms with Crippen LogP contribution in [0.2, 0.25) is 19.6 Å². The third kappa shape index (κ3) is 11.4. The second-order valence-corrected chi connectivity index (χ2v) is 11.1. The van der Waals surface area contributed by atoms with Crippen LogP contribution in [0, 0.1) is 0 Å². The van der Waals surface area contributed by atoms with E-state index in [-0.39, 0.29) is 0 Å². The van der Waals surface area contributed by atoms with Crippen LogP contribution in [0.25, 0.3) is 0 Å². The molecule has 0 saturated carbocycles. The van der Waals surface area contributed by atoms with Crippen molar-refractivity contribution in [1.82, 2.24) is 0 Å². The largest absolute Gasteiger partial charge is 0.415 e. The van der Waals surface area contributed by atoms with Crippen molar-refractivity contribution in [2.45, 2.75) is 77.6 Å². The minimum absolute atomic E-state index is 0.533. The summed E-state index contributed by atoms with van der Waals surface area (Å²) in [6.45, 7) is 9.16. The molecule has 3 heteroatoms. The van der Waals surface area contributed by atoms with Crippen molar-refractivity contribution in [2.75, 3.05) is 4.43 Å². The second kappa shape index (κ2) is 9.89. The lowest BCUT2D eigenvalue weighted by Gasteiger charge is -2.26. The standard InChI is InChI=1S/C13H29IOSi/c1-5-6-7-8-9-10-13(11-12-14)15-16(2,3)4/h13H,5-12H2,1-4H3. The monoisotopic (exact) mass is 356 g/mol. The van der Waals surface area contributed by atoms with Gasteiger partial charge in [-0.15, -0.1) is 0 Å². The van der Waals surface area contributed by atoms with E-state index in [1.807, 2.05) is 0 Å². The zero-order chi connectivity index (χ0) is 12.4. The molecule has 1 atom stereocenters. The summed E-state index contributed by atoms with van der Waals surface area (Å²) in [6.07, 6.45) is 9.92. The fourth-order valence-corrected chi connectivity index (χ4v) is 3.79. The van der Waals surface area contributed by atoms with Crippen LogP contribution in [-0.4, -0.2) is 18.8 Å². The van der Waals surface area contributed by atoms with Gasteiger partial charge >= 0.3 is 0 Å². The molecule has 0 bridgehead atoms. The van der Waals surface area contributed by atoms with Crippen molar-refractivity contribution in [2.24, 2.45) is 0 Å². The molecule has 0 aliphatic carbocycles. The Morgan fingerprint density at radius 2 is 1.62 bits per heavy atom. The summed E-state index contributed by atoms with van der Waals surface area (Å²) in [5.74, 6) is 0. The summed E-state index contributed by atoms with van der Waals surface area (Å²) in [5, 5.41) is 0. The molecule has 0 rings (SSSR count). The maximum absolute atomic E-state index is 6.22. The summed E-state index contributed by atoms with van der Waals surface area (Å²) in [4.78, 5) is 0. The Kier molecular flexibility index (Phi) is 10.4. The van der Waals surface area contributed by atoms with Crippen LogP contribution in [0.4, 0.5) is 0 Å². The first-order chi connectivity index (χ1) is 7.49. The van der Waals surface area contributed by atoms with E-state index >= 15 is 0 Å². The molecular formula is C13H29IOSi. The molecule has 0 aromatic rings. The summed E-state index contributed by atoms with van der Waals surface area (Å²) >= 11 is 2.46. The van der Waals surface area contributed by atoms with Gasteiger partial charge in [0.15, 0.2) is 8.32 Å². The first-order valence-electron chi connectivity index (χ1n) is 6.73. The van der Waals surface area contributed by atoms with E-state index in [9.17, 15) is 0 Å². The zero-order valence-electron chi connectivity index (χ0n) is 11.5. The van der Waals surface area contributed by atoms with Crippen LogP contribution in [0.15, 0.2) is 0 Å². The molecule has 0 N–H and O–H groups in total. The van der Waals surface area contributed by atoms with Gasteiger partial charge in [0.1, 0.15) is 0 Å². The van der Waals surface area contributed by atoms with Gasteiger partial charge in [-0.1, -0.05) is 61.6 Å². The van der Waals surface area contributed by atoms with Crippen molar-refractivity contribution >= 4 is 30.9 Å². The molecular weight excluding hydrogens is 327 g/mol. The van der Waals surface area contributed by atoms with Crippen molar-refractivity contribution in [3.05, 3.63) is 0 Å². The van der Waals surface area contributed by atoms with E-state index in [0.29, 0.717) is 6.10 Å². The highest BCUT2D eigenvalue weighted by molar-refractivity contribution is 14.1. The Labute approximate surface area is 117 Å². The lowest BCUT2D eigenvalue weighted by Crippen LogP contribution is -2.32. The van der Waals surface area contributed by atoms with Crippen molar-refractivity contribution in [1.29, 1.82) is 0 Å². The number of halogens is 1. The normalized spacial score (nSPS) is 14.1. The first-order valence-corrected chi connectivity index (χ1v) is 11.7. The van der Waals surface area contributed by atoms with E-state index in [4.69, 9.17) is 4.43 Å². The molecule has 1 nitrogen and oxygen atoms in total. The second-order valence-electron chi connectivity index (χ2n) is 5.53. The highest BCUT2D eigenvalue weighted by atomic mass is 127. The predicted molar refractivity (Wildman–Crippen MR) is 85.1 cm³/mol. The number of unbranched alkanes of at least 4 members (excludes halogenated alkanes) is 4. The minimum Gasteiger partial charge on any atom is -0.415 e. The minimum atomic E-state index is -1.34. The van der Waals surface area contributed by atoms with E-state index in [1.54, 1.807) is 0 Å².